The van der Waals surface area contributed by atoms with E-state index >= 15 is 0 Å². The number of benzene rings is 1. The maximum absolute atomic E-state index is 12.3. The molecule has 1 heterocycles. The summed E-state index contributed by atoms with van der Waals surface area (Å²) in [4.78, 5) is 36.0. The van der Waals surface area contributed by atoms with Gasteiger partial charge in [0.2, 0.25) is 0 Å². The van der Waals surface area contributed by atoms with Gasteiger partial charge in [-0.15, -0.1) is 0 Å². The van der Waals surface area contributed by atoms with E-state index in [9.17, 15) is 19.5 Å². The van der Waals surface area contributed by atoms with E-state index in [0.29, 0.717) is 0 Å². The van der Waals surface area contributed by atoms with E-state index < -0.39 is 30.4 Å². The molecule has 3 rings (SSSR count). The number of rotatable bonds is 4. The van der Waals surface area contributed by atoms with Crippen molar-refractivity contribution in [3.63, 3.8) is 0 Å². The molecule has 25 heavy (non-hydrogen) atoms. The first-order valence-electron chi connectivity index (χ1n) is 7.74. The van der Waals surface area contributed by atoms with Gasteiger partial charge in [0, 0.05) is 6.08 Å². The lowest BCUT2D eigenvalue weighted by molar-refractivity contribution is -0.116. The summed E-state index contributed by atoms with van der Waals surface area (Å²) < 4.78 is 15.3. The quantitative estimate of drug-likeness (QED) is 0.623. The van der Waals surface area contributed by atoms with Gasteiger partial charge in [0.15, 0.2) is 18.0 Å². The normalized spacial score (nSPS) is 24.2. The van der Waals surface area contributed by atoms with Crippen molar-refractivity contribution >= 4 is 17.8 Å². The second-order valence-corrected chi connectivity index (χ2v) is 5.95. The minimum absolute atomic E-state index is 0.0261. The van der Waals surface area contributed by atoms with Crippen molar-refractivity contribution in [1.29, 1.82) is 0 Å². The third kappa shape index (κ3) is 3.63. The van der Waals surface area contributed by atoms with Gasteiger partial charge in [-0.05, 0) is 26.0 Å². The lowest BCUT2D eigenvalue weighted by Gasteiger charge is -2.22. The van der Waals surface area contributed by atoms with Gasteiger partial charge >= 0.3 is 6.16 Å². The molecule has 0 radical (unpaired) electrons. The number of amides is 1. The Labute approximate surface area is 143 Å². The molecule has 1 aromatic carbocycles. The Balaban J connectivity index is 1.77. The number of phenolic OH excluding ortho intramolecular Hbond substituents is 1. The van der Waals surface area contributed by atoms with Gasteiger partial charge in [0.25, 0.3) is 5.91 Å². The number of para-hydroxylation sites is 1. The fourth-order valence-corrected chi connectivity index (χ4v) is 2.50. The summed E-state index contributed by atoms with van der Waals surface area (Å²) in [5.74, 6) is -1.17. The number of nitrogens with one attached hydrogen (secondary N) is 1. The van der Waals surface area contributed by atoms with Crippen LogP contribution in [0, 0.1) is 0 Å². The first-order valence-corrected chi connectivity index (χ1v) is 7.74. The van der Waals surface area contributed by atoms with E-state index in [4.69, 9.17) is 14.2 Å². The lowest BCUT2D eigenvalue weighted by atomic mass is 10.00. The van der Waals surface area contributed by atoms with E-state index in [1.807, 2.05) is 0 Å². The van der Waals surface area contributed by atoms with Crippen LogP contribution in [0.4, 0.5) is 4.79 Å². The van der Waals surface area contributed by atoms with Gasteiger partial charge in [0.05, 0.1) is 17.4 Å². The maximum atomic E-state index is 12.3. The average molecular weight is 347 g/mol. The molecular weight excluding hydrogens is 330 g/mol. The fraction of sp³-hybridized carbons (Fsp3) is 0.353. The molecule has 132 valence electrons. The van der Waals surface area contributed by atoms with Crippen LogP contribution in [0.5, 0.6) is 5.75 Å². The standard InChI is InChI=1S/C17H17NO7/c1-8(2)23-17(22)25-13-10(7-12(20)14-15(13)24-14)18-16(21)9-5-3-4-6-11(9)19/h3-8,13-15,19H,1-2H3,(H,18,21). The first-order chi connectivity index (χ1) is 11.9. The van der Waals surface area contributed by atoms with E-state index in [2.05, 4.69) is 5.32 Å². The number of epoxide rings is 1. The summed E-state index contributed by atoms with van der Waals surface area (Å²) in [5, 5.41) is 12.3. The molecule has 0 bridgehead atoms. The van der Waals surface area contributed by atoms with Crippen molar-refractivity contribution in [2.75, 3.05) is 0 Å². The number of phenols is 1. The van der Waals surface area contributed by atoms with Gasteiger partial charge in [0.1, 0.15) is 11.9 Å². The maximum Gasteiger partial charge on any atom is 0.509 e. The number of ether oxygens (including phenoxy) is 3. The Bertz CT molecular complexity index is 755. The van der Waals surface area contributed by atoms with Gasteiger partial charge < -0.3 is 24.6 Å². The smallest absolute Gasteiger partial charge is 0.507 e. The molecule has 8 heteroatoms. The molecule has 1 aromatic rings. The molecule has 1 aliphatic carbocycles. The molecule has 2 N–H and O–H groups in total. The monoisotopic (exact) mass is 347 g/mol. The van der Waals surface area contributed by atoms with Crippen molar-refractivity contribution in [2.24, 2.45) is 0 Å². The molecule has 0 aromatic heterocycles. The largest absolute Gasteiger partial charge is 0.509 e. The van der Waals surface area contributed by atoms with E-state index in [1.54, 1.807) is 26.0 Å². The van der Waals surface area contributed by atoms with Gasteiger partial charge in [-0.25, -0.2) is 4.79 Å². The SMILES string of the molecule is CC(C)OC(=O)OC1C(NC(=O)c2ccccc2O)=CC(=O)C2OC21. The summed E-state index contributed by atoms with van der Waals surface area (Å²) in [5.41, 5.74) is 0.107. The zero-order valence-electron chi connectivity index (χ0n) is 13.6. The third-order valence-corrected chi connectivity index (χ3v) is 3.67. The summed E-state index contributed by atoms with van der Waals surface area (Å²) in [6.45, 7) is 3.33. The lowest BCUT2D eigenvalue weighted by Crippen LogP contribution is -2.40. The van der Waals surface area contributed by atoms with Crippen molar-refractivity contribution in [3.8, 4) is 5.75 Å². The van der Waals surface area contributed by atoms with Crippen LogP contribution in [0.1, 0.15) is 24.2 Å². The second-order valence-electron chi connectivity index (χ2n) is 5.95. The summed E-state index contributed by atoms with van der Waals surface area (Å²) in [7, 11) is 0. The predicted molar refractivity (Wildman–Crippen MR) is 83.8 cm³/mol. The highest BCUT2D eigenvalue weighted by molar-refractivity contribution is 6.01. The van der Waals surface area contributed by atoms with Crippen LogP contribution in [-0.2, 0) is 19.0 Å². The zero-order chi connectivity index (χ0) is 18.1. The van der Waals surface area contributed by atoms with Crippen LogP contribution >= 0.6 is 0 Å². The Hall–Kier alpha value is -2.87. The van der Waals surface area contributed by atoms with Crippen molar-refractivity contribution in [2.45, 2.75) is 38.3 Å². The van der Waals surface area contributed by atoms with Crippen LogP contribution < -0.4 is 5.32 Å². The molecule has 3 unspecified atom stereocenters. The first kappa shape index (κ1) is 17.0. The van der Waals surface area contributed by atoms with Crippen LogP contribution in [-0.4, -0.2) is 47.4 Å². The molecule has 1 saturated heterocycles. The molecule has 0 spiro atoms. The molecule has 3 atom stereocenters. The Morgan fingerprint density at radius 1 is 1.28 bits per heavy atom. The Morgan fingerprint density at radius 3 is 2.68 bits per heavy atom. The van der Waals surface area contributed by atoms with Crippen LogP contribution in [0.15, 0.2) is 36.0 Å². The number of aromatic hydroxyl groups is 1. The minimum Gasteiger partial charge on any atom is -0.507 e. The van der Waals surface area contributed by atoms with E-state index in [-0.39, 0.29) is 28.9 Å². The Kier molecular flexibility index (Phi) is 4.45. The van der Waals surface area contributed by atoms with Crippen molar-refractivity contribution in [3.05, 3.63) is 41.6 Å². The third-order valence-electron chi connectivity index (χ3n) is 3.67. The summed E-state index contributed by atoms with van der Waals surface area (Å²) in [6, 6.07) is 5.95. The number of hydrogen-bond acceptors (Lipinski definition) is 7. The average Bonchev–Trinajstić information content (AvgIpc) is 3.32. The second kappa shape index (κ2) is 6.56. The fourth-order valence-electron chi connectivity index (χ4n) is 2.50. The van der Waals surface area contributed by atoms with Gasteiger partial charge in [-0.2, -0.15) is 0 Å². The molecule has 0 saturated carbocycles. The van der Waals surface area contributed by atoms with Crippen molar-refractivity contribution in [1.82, 2.24) is 5.32 Å². The predicted octanol–water partition coefficient (Wildman–Crippen LogP) is 1.29. The molecule has 1 amide bonds. The van der Waals surface area contributed by atoms with E-state index in [1.165, 1.54) is 18.2 Å². The molecular formula is C17H17NO7. The van der Waals surface area contributed by atoms with E-state index in [0.717, 1.165) is 0 Å². The van der Waals surface area contributed by atoms with Crippen molar-refractivity contribution < 1.29 is 33.7 Å². The summed E-state index contributed by atoms with van der Waals surface area (Å²) in [6.07, 6.45) is -2.44. The molecule has 1 fully saturated rings. The highest BCUT2D eigenvalue weighted by Gasteiger charge is 2.56. The zero-order valence-corrected chi connectivity index (χ0v) is 13.6. The highest BCUT2D eigenvalue weighted by Crippen LogP contribution is 2.36. The van der Waals surface area contributed by atoms with Crippen LogP contribution in [0.3, 0.4) is 0 Å². The summed E-state index contributed by atoms with van der Waals surface area (Å²) >= 11 is 0. The number of ketones is 1. The molecule has 2 aliphatic rings. The van der Waals surface area contributed by atoms with Crippen LogP contribution in [0.25, 0.3) is 0 Å². The van der Waals surface area contributed by atoms with Gasteiger partial charge in [-0.3, -0.25) is 9.59 Å². The van der Waals surface area contributed by atoms with Gasteiger partial charge in [-0.1, -0.05) is 12.1 Å². The highest BCUT2D eigenvalue weighted by atomic mass is 16.7. The topological polar surface area (TPSA) is 114 Å². The number of fused-ring (bicyclic) bond motifs is 1. The minimum atomic E-state index is -0.969. The van der Waals surface area contributed by atoms with Crippen LogP contribution in [0.2, 0.25) is 0 Å². The molecule has 1 aliphatic heterocycles. The number of carbonyl (C=O) groups is 3. The molecule has 8 nitrogen and oxygen atoms in total. The number of hydrogen-bond donors (Lipinski definition) is 2. The number of carbonyl (C=O) groups excluding carboxylic acids is 3. The Morgan fingerprint density at radius 2 is 2.00 bits per heavy atom.